The number of nitrogens with one attached hydrogen (secondary N) is 2. The van der Waals surface area contributed by atoms with Gasteiger partial charge in [0.1, 0.15) is 5.75 Å². The van der Waals surface area contributed by atoms with Crippen LogP contribution in [0.15, 0.2) is 29.3 Å². The average molecular weight is 460 g/mol. The lowest BCUT2D eigenvalue weighted by molar-refractivity contribution is -0.119. The summed E-state index contributed by atoms with van der Waals surface area (Å²) in [5.74, 6) is 1.81. The molecule has 1 aliphatic carbocycles. The quantitative estimate of drug-likeness (QED) is 0.346. The summed E-state index contributed by atoms with van der Waals surface area (Å²) in [6.07, 6.45) is 4.93. The highest BCUT2D eigenvalue weighted by Crippen LogP contribution is 2.23. The number of carbonyl (C=O) groups excluding carboxylic acids is 1. The number of aliphatic imine (C=N–C) groups is 1. The number of halogens is 1. The normalized spacial score (nSPS) is 20.3. The molecule has 140 valence electrons. The van der Waals surface area contributed by atoms with E-state index in [1.807, 2.05) is 24.3 Å². The van der Waals surface area contributed by atoms with Crippen LogP contribution in [-0.4, -0.2) is 31.6 Å². The van der Waals surface area contributed by atoms with Gasteiger partial charge in [-0.25, -0.2) is 0 Å². The highest BCUT2D eigenvalue weighted by Gasteiger charge is 2.18. The zero-order valence-corrected chi connectivity index (χ0v) is 17.3. The standard InChI is InChI=1S/C18H28N4O2.HI/c1-13-6-8-15(9-7-13)22-18(20-2)21-11-14-4-3-5-16(10-14)24-12-17(19)23;/h3-5,10,13,15H,6-9,11-12H2,1-2H3,(H2,19,23)(H2,20,21,22);1H. The molecule has 0 bridgehead atoms. The lowest BCUT2D eigenvalue weighted by Gasteiger charge is -2.28. The van der Waals surface area contributed by atoms with E-state index in [1.54, 1.807) is 7.05 Å². The Balaban J connectivity index is 0.00000312. The fourth-order valence-corrected chi connectivity index (χ4v) is 2.88. The smallest absolute Gasteiger partial charge is 0.255 e. The Morgan fingerprint density at radius 3 is 2.68 bits per heavy atom. The highest BCUT2D eigenvalue weighted by atomic mass is 127. The maximum Gasteiger partial charge on any atom is 0.255 e. The van der Waals surface area contributed by atoms with Crippen LogP contribution >= 0.6 is 24.0 Å². The Labute approximate surface area is 167 Å². The van der Waals surface area contributed by atoms with Crippen molar-refractivity contribution in [2.24, 2.45) is 16.6 Å². The lowest BCUT2D eigenvalue weighted by Crippen LogP contribution is -2.44. The number of primary amides is 1. The van der Waals surface area contributed by atoms with Gasteiger partial charge in [-0.05, 0) is 49.3 Å². The molecule has 25 heavy (non-hydrogen) atoms. The van der Waals surface area contributed by atoms with Crippen LogP contribution in [0.3, 0.4) is 0 Å². The van der Waals surface area contributed by atoms with E-state index >= 15 is 0 Å². The summed E-state index contributed by atoms with van der Waals surface area (Å²) in [5.41, 5.74) is 6.14. The Bertz CT molecular complexity index is 572. The third kappa shape index (κ3) is 7.94. The Hall–Kier alpha value is -1.51. The number of benzene rings is 1. The van der Waals surface area contributed by atoms with Crippen molar-refractivity contribution in [3.63, 3.8) is 0 Å². The fraction of sp³-hybridized carbons (Fsp3) is 0.556. The first-order valence-electron chi connectivity index (χ1n) is 8.54. The predicted molar refractivity (Wildman–Crippen MR) is 111 cm³/mol. The molecule has 4 N–H and O–H groups in total. The molecule has 0 spiro atoms. The number of ether oxygens (including phenoxy) is 1. The minimum Gasteiger partial charge on any atom is -0.484 e. The van der Waals surface area contributed by atoms with Crippen LogP contribution in [0, 0.1) is 5.92 Å². The maximum atomic E-state index is 10.8. The van der Waals surface area contributed by atoms with Crippen molar-refractivity contribution in [1.29, 1.82) is 0 Å². The molecular formula is C18H29IN4O2. The summed E-state index contributed by atoms with van der Waals surface area (Å²) in [5, 5.41) is 6.83. The van der Waals surface area contributed by atoms with Gasteiger partial charge in [0.05, 0.1) is 0 Å². The van der Waals surface area contributed by atoms with E-state index in [0.717, 1.165) is 17.4 Å². The second-order valence-electron chi connectivity index (χ2n) is 6.43. The third-order valence-corrected chi connectivity index (χ3v) is 4.32. The highest BCUT2D eigenvalue weighted by molar-refractivity contribution is 14.0. The van der Waals surface area contributed by atoms with Gasteiger partial charge in [-0.1, -0.05) is 19.1 Å². The first-order chi connectivity index (χ1) is 11.6. The maximum absolute atomic E-state index is 10.8. The van der Waals surface area contributed by atoms with Crippen LogP contribution in [0.2, 0.25) is 0 Å². The van der Waals surface area contributed by atoms with Crippen LogP contribution in [0.25, 0.3) is 0 Å². The van der Waals surface area contributed by atoms with Crippen molar-refractivity contribution < 1.29 is 9.53 Å². The predicted octanol–water partition coefficient (Wildman–Crippen LogP) is 2.41. The van der Waals surface area contributed by atoms with Gasteiger partial charge in [0.15, 0.2) is 12.6 Å². The van der Waals surface area contributed by atoms with E-state index in [0.29, 0.717) is 18.3 Å². The third-order valence-electron chi connectivity index (χ3n) is 4.32. The van der Waals surface area contributed by atoms with Crippen molar-refractivity contribution in [3.8, 4) is 5.75 Å². The summed E-state index contributed by atoms with van der Waals surface area (Å²) < 4.78 is 5.32. The molecule has 1 amide bonds. The van der Waals surface area contributed by atoms with Crippen LogP contribution in [0.5, 0.6) is 5.75 Å². The van der Waals surface area contributed by atoms with Gasteiger partial charge in [-0.15, -0.1) is 24.0 Å². The molecular weight excluding hydrogens is 431 g/mol. The number of carbonyl (C=O) groups is 1. The summed E-state index contributed by atoms with van der Waals surface area (Å²) in [6.45, 7) is 2.84. The van der Waals surface area contributed by atoms with Crippen molar-refractivity contribution in [2.75, 3.05) is 13.7 Å². The van der Waals surface area contributed by atoms with Gasteiger partial charge in [-0.2, -0.15) is 0 Å². The van der Waals surface area contributed by atoms with Crippen LogP contribution in [-0.2, 0) is 11.3 Å². The molecule has 0 aromatic heterocycles. The average Bonchev–Trinajstić information content (AvgIpc) is 2.59. The first-order valence-corrected chi connectivity index (χ1v) is 8.54. The van der Waals surface area contributed by atoms with Crippen molar-refractivity contribution in [2.45, 2.75) is 45.2 Å². The second kappa shape index (κ2) is 11.2. The number of hydrogen-bond donors (Lipinski definition) is 3. The molecule has 6 nitrogen and oxygen atoms in total. The second-order valence-corrected chi connectivity index (χ2v) is 6.43. The van der Waals surface area contributed by atoms with Crippen LogP contribution in [0.1, 0.15) is 38.2 Å². The number of hydrogen-bond acceptors (Lipinski definition) is 3. The number of nitrogens with two attached hydrogens (primary N) is 1. The molecule has 0 aliphatic heterocycles. The molecule has 0 atom stereocenters. The van der Waals surface area contributed by atoms with Gasteiger partial charge < -0.3 is 21.1 Å². The summed E-state index contributed by atoms with van der Waals surface area (Å²) in [4.78, 5) is 15.1. The zero-order chi connectivity index (χ0) is 17.4. The zero-order valence-electron chi connectivity index (χ0n) is 15.0. The van der Waals surface area contributed by atoms with Crippen molar-refractivity contribution in [1.82, 2.24) is 10.6 Å². The fourth-order valence-electron chi connectivity index (χ4n) is 2.88. The van der Waals surface area contributed by atoms with Gasteiger partial charge in [0, 0.05) is 19.6 Å². The van der Waals surface area contributed by atoms with Gasteiger partial charge in [0.2, 0.25) is 0 Å². The summed E-state index contributed by atoms with van der Waals surface area (Å²) in [7, 11) is 1.78. The van der Waals surface area contributed by atoms with Gasteiger partial charge in [0.25, 0.3) is 5.91 Å². The topological polar surface area (TPSA) is 88.7 Å². The van der Waals surface area contributed by atoms with Crippen molar-refractivity contribution in [3.05, 3.63) is 29.8 Å². The first kappa shape index (κ1) is 21.5. The number of rotatable bonds is 6. The molecule has 0 saturated heterocycles. The van der Waals surface area contributed by atoms with E-state index < -0.39 is 5.91 Å². The monoisotopic (exact) mass is 460 g/mol. The molecule has 7 heteroatoms. The minimum atomic E-state index is -0.482. The van der Waals surface area contributed by atoms with E-state index in [9.17, 15) is 4.79 Å². The molecule has 0 radical (unpaired) electrons. The summed E-state index contributed by atoms with van der Waals surface area (Å²) >= 11 is 0. The van der Waals surface area contributed by atoms with Gasteiger partial charge >= 0.3 is 0 Å². The molecule has 1 aromatic rings. The molecule has 1 aliphatic rings. The molecule has 0 unspecified atom stereocenters. The Kier molecular flexibility index (Phi) is 9.62. The lowest BCUT2D eigenvalue weighted by atomic mass is 9.87. The number of guanidine groups is 1. The molecule has 1 saturated carbocycles. The molecule has 0 heterocycles. The Morgan fingerprint density at radius 2 is 2.04 bits per heavy atom. The van der Waals surface area contributed by atoms with Crippen molar-refractivity contribution >= 4 is 35.8 Å². The van der Waals surface area contributed by atoms with E-state index in [4.69, 9.17) is 10.5 Å². The summed E-state index contributed by atoms with van der Waals surface area (Å²) in [6, 6.07) is 8.09. The van der Waals surface area contributed by atoms with E-state index in [1.165, 1.54) is 25.7 Å². The molecule has 1 aromatic carbocycles. The molecule has 2 rings (SSSR count). The van der Waals surface area contributed by atoms with Crippen LogP contribution < -0.4 is 21.1 Å². The Morgan fingerprint density at radius 1 is 1.32 bits per heavy atom. The van der Waals surface area contributed by atoms with Crippen LogP contribution in [0.4, 0.5) is 0 Å². The largest absolute Gasteiger partial charge is 0.484 e. The number of amides is 1. The molecule has 1 fully saturated rings. The SMILES string of the molecule is CN=C(NCc1cccc(OCC(N)=O)c1)NC1CCC(C)CC1.I. The van der Waals surface area contributed by atoms with Gasteiger partial charge in [-0.3, -0.25) is 9.79 Å². The van der Waals surface area contributed by atoms with E-state index in [2.05, 4.69) is 22.5 Å². The number of nitrogens with zero attached hydrogens (tertiary/aromatic N) is 1. The van der Waals surface area contributed by atoms with E-state index in [-0.39, 0.29) is 30.6 Å². The minimum absolute atomic E-state index is 0.